The van der Waals surface area contributed by atoms with Crippen LogP contribution in [0.5, 0.6) is 0 Å². The van der Waals surface area contributed by atoms with E-state index in [-0.39, 0.29) is 12.5 Å². The van der Waals surface area contributed by atoms with E-state index in [9.17, 15) is 9.90 Å². The second-order valence-corrected chi connectivity index (χ2v) is 4.46. The Morgan fingerprint density at radius 1 is 1.42 bits per heavy atom. The van der Waals surface area contributed by atoms with Crippen molar-refractivity contribution in [3.05, 3.63) is 53.9 Å². The first-order chi connectivity index (χ1) is 9.15. The topological polar surface area (TPSA) is 67.2 Å². The highest BCUT2D eigenvalue weighted by atomic mass is 16.3. The van der Waals surface area contributed by atoms with Gasteiger partial charge in [-0.05, 0) is 5.56 Å². The van der Waals surface area contributed by atoms with Gasteiger partial charge in [-0.3, -0.25) is 9.48 Å². The number of amides is 1. The predicted octanol–water partition coefficient (Wildman–Crippen LogP) is 0.753. The summed E-state index contributed by atoms with van der Waals surface area (Å²) in [6, 6.07) is 9.69. The predicted molar refractivity (Wildman–Crippen MR) is 71.7 cm³/mol. The molecule has 0 radical (unpaired) electrons. The van der Waals surface area contributed by atoms with Crippen molar-refractivity contribution in [1.29, 1.82) is 0 Å². The molecule has 0 fully saturated rings. The van der Waals surface area contributed by atoms with Gasteiger partial charge in [0.15, 0.2) is 0 Å². The quantitative estimate of drug-likeness (QED) is 0.832. The molecule has 1 aromatic heterocycles. The second-order valence-electron chi connectivity index (χ2n) is 4.46. The minimum Gasteiger partial charge on any atom is -0.391 e. The molecule has 100 valence electrons. The SMILES string of the molecule is Cn1cc(C(=O)NCC(O)Cc2ccccc2)cn1. The van der Waals surface area contributed by atoms with Crippen molar-refractivity contribution in [2.24, 2.45) is 7.05 Å². The van der Waals surface area contributed by atoms with Gasteiger partial charge in [-0.1, -0.05) is 30.3 Å². The van der Waals surface area contributed by atoms with Gasteiger partial charge in [-0.2, -0.15) is 5.10 Å². The second kappa shape index (κ2) is 6.15. The van der Waals surface area contributed by atoms with Crippen LogP contribution in [0.3, 0.4) is 0 Å². The third-order valence-electron chi connectivity index (χ3n) is 2.78. The number of rotatable bonds is 5. The van der Waals surface area contributed by atoms with Gasteiger partial charge in [0.1, 0.15) is 0 Å². The lowest BCUT2D eigenvalue weighted by atomic mass is 10.1. The summed E-state index contributed by atoms with van der Waals surface area (Å²) in [5.41, 5.74) is 1.54. The summed E-state index contributed by atoms with van der Waals surface area (Å²) in [6.07, 6.45) is 3.06. The lowest BCUT2D eigenvalue weighted by molar-refractivity contribution is 0.0916. The van der Waals surface area contributed by atoms with Crippen LogP contribution in [0.15, 0.2) is 42.7 Å². The smallest absolute Gasteiger partial charge is 0.254 e. The molecule has 0 spiro atoms. The van der Waals surface area contributed by atoms with Crippen molar-refractivity contribution in [1.82, 2.24) is 15.1 Å². The Morgan fingerprint density at radius 3 is 2.79 bits per heavy atom. The number of nitrogens with one attached hydrogen (secondary N) is 1. The molecular weight excluding hydrogens is 242 g/mol. The fourth-order valence-corrected chi connectivity index (χ4v) is 1.81. The highest BCUT2D eigenvalue weighted by Gasteiger charge is 2.10. The maximum atomic E-state index is 11.7. The molecule has 1 unspecified atom stereocenters. The van der Waals surface area contributed by atoms with Crippen LogP contribution < -0.4 is 5.32 Å². The number of carbonyl (C=O) groups excluding carboxylic acids is 1. The molecule has 5 nitrogen and oxygen atoms in total. The Bertz CT molecular complexity index is 537. The van der Waals surface area contributed by atoms with E-state index in [1.54, 1.807) is 17.9 Å². The first kappa shape index (κ1) is 13.3. The first-order valence-corrected chi connectivity index (χ1v) is 6.14. The number of benzene rings is 1. The summed E-state index contributed by atoms with van der Waals surface area (Å²) < 4.78 is 1.56. The number of aryl methyl sites for hydroxylation is 1. The van der Waals surface area contributed by atoms with E-state index in [1.165, 1.54) is 6.20 Å². The molecule has 0 saturated carbocycles. The molecule has 0 aliphatic carbocycles. The molecule has 5 heteroatoms. The zero-order chi connectivity index (χ0) is 13.7. The van der Waals surface area contributed by atoms with Crippen molar-refractivity contribution < 1.29 is 9.90 Å². The molecule has 1 aromatic carbocycles. The van der Waals surface area contributed by atoms with Gasteiger partial charge in [-0.15, -0.1) is 0 Å². The summed E-state index contributed by atoms with van der Waals surface area (Å²) in [4.78, 5) is 11.7. The summed E-state index contributed by atoms with van der Waals surface area (Å²) in [6.45, 7) is 0.225. The Labute approximate surface area is 111 Å². The van der Waals surface area contributed by atoms with Gasteiger partial charge in [0.2, 0.25) is 0 Å². The van der Waals surface area contributed by atoms with Crippen LogP contribution in [-0.2, 0) is 13.5 Å². The zero-order valence-corrected chi connectivity index (χ0v) is 10.8. The van der Waals surface area contributed by atoms with E-state index in [1.807, 2.05) is 30.3 Å². The van der Waals surface area contributed by atoms with Crippen molar-refractivity contribution >= 4 is 5.91 Å². The lowest BCUT2D eigenvalue weighted by Crippen LogP contribution is -2.33. The summed E-state index contributed by atoms with van der Waals surface area (Å²) in [5, 5.41) is 16.5. The molecule has 2 aromatic rings. The molecule has 0 aliphatic rings. The average molecular weight is 259 g/mol. The minimum absolute atomic E-state index is 0.222. The Hall–Kier alpha value is -2.14. The standard InChI is InChI=1S/C14H17N3O2/c1-17-10-12(8-16-17)14(19)15-9-13(18)7-11-5-3-2-4-6-11/h2-6,8,10,13,18H,7,9H2,1H3,(H,15,19). The van der Waals surface area contributed by atoms with Crippen molar-refractivity contribution in [3.63, 3.8) is 0 Å². The maximum absolute atomic E-state index is 11.7. The number of carbonyl (C=O) groups is 1. The van der Waals surface area contributed by atoms with Gasteiger partial charge in [0.25, 0.3) is 5.91 Å². The Balaban J connectivity index is 1.80. The van der Waals surface area contributed by atoms with Crippen LogP contribution in [0.4, 0.5) is 0 Å². The fraction of sp³-hybridized carbons (Fsp3) is 0.286. The van der Waals surface area contributed by atoms with Gasteiger partial charge in [0, 0.05) is 26.2 Å². The molecule has 19 heavy (non-hydrogen) atoms. The van der Waals surface area contributed by atoms with Crippen LogP contribution in [0.25, 0.3) is 0 Å². The van der Waals surface area contributed by atoms with Crippen LogP contribution in [-0.4, -0.2) is 33.4 Å². The first-order valence-electron chi connectivity index (χ1n) is 6.14. The van der Waals surface area contributed by atoms with E-state index in [2.05, 4.69) is 10.4 Å². The van der Waals surface area contributed by atoms with Gasteiger partial charge >= 0.3 is 0 Å². The number of aromatic nitrogens is 2. The lowest BCUT2D eigenvalue weighted by Gasteiger charge is -2.11. The van der Waals surface area contributed by atoms with Crippen molar-refractivity contribution in [2.75, 3.05) is 6.54 Å². The fourth-order valence-electron chi connectivity index (χ4n) is 1.81. The average Bonchev–Trinajstić information content (AvgIpc) is 2.84. The highest BCUT2D eigenvalue weighted by molar-refractivity contribution is 5.93. The van der Waals surface area contributed by atoms with Crippen molar-refractivity contribution in [3.8, 4) is 0 Å². The Morgan fingerprint density at radius 2 is 2.16 bits per heavy atom. The van der Waals surface area contributed by atoms with Crippen molar-refractivity contribution in [2.45, 2.75) is 12.5 Å². The third-order valence-corrected chi connectivity index (χ3v) is 2.78. The van der Waals surface area contributed by atoms with Gasteiger partial charge in [0.05, 0.1) is 17.9 Å². The summed E-state index contributed by atoms with van der Waals surface area (Å²) in [5.74, 6) is -0.222. The van der Waals surface area contributed by atoms with E-state index >= 15 is 0 Å². The molecule has 1 amide bonds. The van der Waals surface area contributed by atoms with E-state index in [0.29, 0.717) is 12.0 Å². The monoisotopic (exact) mass is 259 g/mol. The van der Waals surface area contributed by atoms with Gasteiger partial charge in [-0.25, -0.2) is 0 Å². The van der Waals surface area contributed by atoms with Gasteiger partial charge < -0.3 is 10.4 Å². The maximum Gasteiger partial charge on any atom is 0.254 e. The van der Waals surface area contributed by atoms with E-state index in [4.69, 9.17) is 0 Å². The van der Waals surface area contributed by atoms with E-state index < -0.39 is 6.10 Å². The molecule has 0 aliphatic heterocycles. The van der Waals surface area contributed by atoms with E-state index in [0.717, 1.165) is 5.56 Å². The summed E-state index contributed by atoms with van der Waals surface area (Å²) in [7, 11) is 1.75. The van der Waals surface area contributed by atoms with Crippen LogP contribution >= 0.6 is 0 Å². The molecule has 0 saturated heterocycles. The molecule has 2 N–H and O–H groups in total. The number of hydrogen-bond acceptors (Lipinski definition) is 3. The zero-order valence-electron chi connectivity index (χ0n) is 10.8. The normalized spacial score (nSPS) is 12.1. The molecule has 1 atom stereocenters. The number of aliphatic hydroxyl groups is 1. The summed E-state index contributed by atoms with van der Waals surface area (Å²) >= 11 is 0. The highest BCUT2D eigenvalue weighted by Crippen LogP contribution is 2.03. The molecule has 1 heterocycles. The minimum atomic E-state index is -0.594. The molecular formula is C14H17N3O2. The molecule has 2 rings (SSSR count). The largest absolute Gasteiger partial charge is 0.391 e. The molecule has 0 bridgehead atoms. The van der Waals surface area contributed by atoms with Crippen LogP contribution in [0.2, 0.25) is 0 Å². The van der Waals surface area contributed by atoms with Crippen LogP contribution in [0, 0.1) is 0 Å². The van der Waals surface area contributed by atoms with Crippen LogP contribution in [0.1, 0.15) is 15.9 Å². The Kier molecular flexibility index (Phi) is 4.30. The number of nitrogens with zero attached hydrogens (tertiary/aromatic N) is 2. The number of aliphatic hydroxyl groups excluding tert-OH is 1. The third kappa shape index (κ3) is 3.93. The number of hydrogen-bond donors (Lipinski definition) is 2.